The minimum atomic E-state index is 0.885. The van der Waals surface area contributed by atoms with Crippen LogP contribution >= 0.6 is 0 Å². The summed E-state index contributed by atoms with van der Waals surface area (Å²) < 4.78 is 0. The van der Waals surface area contributed by atoms with Crippen LogP contribution in [-0.2, 0) is 0 Å². The fourth-order valence-corrected chi connectivity index (χ4v) is 1.92. The molecule has 64 valence electrons. The van der Waals surface area contributed by atoms with Crippen molar-refractivity contribution in [1.29, 1.82) is 0 Å². The van der Waals surface area contributed by atoms with Crippen LogP contribution in [0.2, 0.25) is 0 Å². The molecule has 1 aliphatic carbocycles. The molecule has 0 amide bonds. The van der Waals surface area contributed by atoms with E-state index < -0.39 is 0 Å². The summed E-state index contributed by atoms with van der Waals surface area (Å²) in [7, 11) is 0. The molecule has 2 unspecified atom stereocenters. The van der Waals surface area contributed by atoms with Gasteiger partial charge >= 0.3 is 0 Å². The standard InChI is InChI=1S/C12H16/c1-3-10-8-12(10)11-6-4-9(2)5-7-11/h4-7,10,12H,3,8H2,1-2H3. The van der Waals surface area contributed by atoms with Crippen LogP contribution in [0.4, 0.5) is 0 Å². The third-order valence-corrected chi connectivity index (χ3v) is 2.95. The van der Waals surface area contributed by atoms with Crippen molar-refractivity contribution in [3.05, 3.63) is 35.4 Å². The van der Waals surface area contributed by atoms with Crippen LogP contribution in [-0.4, -0.2) is 0 Å². The van der Waals surface area contributed by atoms with Crippen molar-refractivity contribution in [2.75, 3.05) is 0 Å². The molecule has 1 aromatic carbocycles. The van der Waals surface area contributed by atoms with Gasteiger partial charge in [-0.1, -0.05) is 43.2 Å². The Morgan fingerprint density at radius 1 is 1.25 bits per heavy atom. The van der Waals surface area contributed by atoms with Gasteiger partial charge in [0.15, 0.2) is 0 Å². The monoisotopic (exact) mass is 160 g/mol. The van der Waals surface area contributed by atoms with Gasteiger partial charge in [-0.3, -0.25) is 0 Å². The minimum Gasteiger partial charge on any atom is -0.0651 e. The number of aryl methyl sites for hydroxylation is 1. The van der Waals surface area contributed by atoms with Crippen molar-refractivity contribution in [2.24, 2.45) is 5.92 Å². The first-order valence-electron chi connectivity index (χ1n) is 4.88. The maximum atomic E-state index is 2.29. The van der Waals surface area contributed by atoms with Gasteiger partial charge in [0.05, 0.1) is 0 Å². The largest absolute Gasteiger partial charge is 0.0651 e. The molecule has 0 bridgehead atoms. The Bertz CT molecular complexity index is 258. The summed E-state index contributed by atoms with van der Waals surface area (Å²) >= 11 is 0. The van der Waals surface area contributed by atoms with Crippen LogP contribution in [0.3, 0.4) is 0 Å². The van der Waals surface area contributed by atoms with Gasteiger partial charge in [0.1, 0.15) is 0 Å². The van der Waals surface area contributed by atoms with Gasteiger partial charge < -0.3 is 0 Å². The lowest BCUT2D eigenvalue weighted by molar-refractivity contribution is 0.766. The fraction of sp³-hybridized carbons (Fsp3) is 0.500. The molecule has 0 spiro atoms. The highest BCUT2D eigenvalue weighted by Gasteiger charge is 2.36. The summed E-state index contributed by atoms with van der Waals surface area (Å²) in [6, 6.07) is 9.02. The predicted octanol–water partition coefficient (Wildman–Crippen LogP) is 3.51. The number of benzene rings is 1. The quantitative estimate of drug-likeness (QED) is 0.621. The molecule has 12 heavy (non-hydrogen) atoms. The summed E-state index contributed by atoms with van der Waals surface area (Å²) in [6.07, 6.45) is 2.76. The average Bonchev–Trinajstić information content (AvgIpc) is 2.85. The molecule has 0 saturated heterocycles. The lowest BCUT2D eigenvalue weighted by Crippen LogP contribution is -1.82. The Balaban J connectivity index is 2.10. The second-order valence-corrected chi connectivity index (χ2v) is 3.92. The van der Waals surface area contributed by atoms with Gasteiger partial charge in [0, 0.05) is 0 Å². The molecule has 1 saturated carbocycles. The first-order chi connectivity index (χ1) is 5.81. The molecular formula is C12H16. The molecule has 2 rings (SSSR count). The Kier molecular flexibility index (Phi) is 1.92. The van der Waals surface area contributed by atoms with Crippen LogP contribution in [0, 0.1) is 12.8 Å². The summed E-state index contributed by atoms with van der Waals surface area (Å²) in [5.41, 5.74) is 2.92. The number of rotatable bonds is 2. The molecule has 0 heteroatoms. The van der Waals surface area contributed by atoms with Crippen LogP contribution < -0.4 is 0 Å². The normalized spacial score (nSPS) is 27.2. The Hall–Kier alpha value is -0.780. The maximum absolute atomic E-state index is 2.29. The van der Waals surface area contributed by atoms with E-state index in [0.29, 0.717) is 0 Å². The predicted molar refractivity (Wildman–Crippen MR) is 52.3 cm³/mol. The van der Waals surface area contributed by atoms with E-state index in [0.717, 1.165) is 11.8 Å². The summed E-state index contributed by atoms with van der Waals surface area (Å²) in [4.78, 5) is 0. The molecule has 0 aliphatic heterocycles. The lowest BCUT2D eigenvalue weighted by atomic mass is 10.1. The Labute approximate surface area is 74.6 Å². The van der Waals surface area contributed by atoms with E-state index >= 15 is 0 Å². The fourth-order valence-electron chi connectivity index (χ4n) is 1.92. The zero-order valence-corrected chi connectivity index (χ0v) is 7.88. The van der Waals surface area contributed by atoms with Gasteiger partial charge in [0.2, 0.25) is 0 Å². The van der Waals surface area contributed by atoms with Gasteiger partial charge in [-0.15, -0.1) is 0 Å². The SMILES string of the molecule is CCC1CC1c1ccc(C)cc1. The molecule has 1 fully saturated rings. The summed E-state index contributed by atoms with van der Waals surface area (Å²) in [5, 5.41) is 0. The topological polar surface area (TPSA) is 0 Å². The first-order valence-corrected chi connectivity index (χ1v) is 4.88. The second-order valence-electron chi connectivity index (χ2n) is 3.92. The van der Waals surface area contributed by atoms with Crippen LogP contribution in [0.5, 0.6) is 0 Å². The Morgan fingerprint density at radius 2 is 1.92 bits per heavy atom. The van der Waals surface area contributed by atoms with Crippen LogP contribution in [0.25, 0.3) is 0 Å². The van der Waals surface area contributed by atoms with Crippen molar-refractivity contribution in [3.8, 4) is 0 Å². The molecule has 0 N–H and O–H groups in total. The Morgan fingerprint density at radius 3 is 2.42 bits per heavy atom. The van der Waals surface area contributed by atoms with Crippen molar-refractivity contribution < 1.29 is 0 Å². The molecule has 1 aliphatic rings. The van der Waals surface area contributed by atoms with E-state index in [4.69, 9.17) is 0 Å². The van der Waals surface area contributed by atoms with Crippen molar-refractivity contribution in [1.82, 2.24) is 0 Å². The third-order valence-electron chi connectivity index (χ3n) is 2.95. The molecular weight excluding hydrogens is 144 g/mol. The van der Waals surface area contributed by atoms with Crippen LogP contribution in [0.1, 0.15) is 36.8 Å². The molecule has 0 heterocycles. The minimum absolute atomic E-state index is 0.885. The number of hydrogen-bond acceptors (Lipinski definition) is 0. The highest BCUT2D eigenvalue weighted by molar-refractivity contribution is 5.28. The average molecular weight is 160 g/mol. The van der Waals surface area contributed by atoms with Crippen molar-refractivity contribution >= 4 is 0 Å². The molecule has 0 nitrogen and oxygen atoms in total. The van der Waals surface area contributed by atoms with Gasteiger partial charge in [-0.25, -0.2) is 0 Å². The highest BCUT2D eigenvalue weighted by atomic mass is 14.4. The van der Waals surface area contributed by atoms with E-state index in [9.17, 15) is 0 Å². The van der Waals surface area contributed by atoms with Crippen LogP contribution in [0.15, 0.2) is 24.3 Å². The smallest absolute Gasteiger partial charge is 0.0131 e. The zero-order valence-electron chi connectivity index (χ0n) is 7.88. The van der Waals surface area contributed by atoms with Gasteiger partial charge in [-0.05, 0) is 30.7 Å². The van der Waals surface area contributed by atoms with Crippen molar-refractivity contribution in [2.45, 2.75) is 32.6 Å². The summed E-state index contributed by atoms with van der Waals surface area (Å²) in [6.45, 7) is 4.44. The van der Waals surface area contributed by atoms with E-state index in [1.54, 1.807) is 5.56 Å². The molecule has 1 aromatic rings. The maximum Gasteiger partial charge on any atom is -0.0131 e. The number of hydrogen-bond donors (Lipinski definition) is 0. The second kappa shape index (κ2) is 2.93. The molecule has 0 radical (unpaired) electrons. The van der Waals surface area contributed by atoms with E-state index in [1.807, 2.05) is 0 Å². The zero-order chi connectivity index (χ0) is 8.55. The third kappa shape index (κ3) is 1.38. The van der Waals surface area contributed by atoms with Gasteiger partial charge in [-0.2, -0.15) is 0 Å². The lowest BCUT2D eigenvalue weighted by Gasteiger charge is -1.99. The first kappa shape index (κ1) is 7.85. The van der Waals surface area contributed by atoms with E-state index in [1.165, 1.54) is 18.4 Å². The van der Waals surface area contributed by atoms with Gasteiger partial charge in [0.25, 0.3) is 0 Å². The van der Waals surface area contributed by atoms with E-state index in [-0.39, 0.29) is 0 Å². The van der Waals surface area contributed by atoms with E-state index in [2.05, 4.69) is 38.1 Å². The highest BCUT2D eigenvalue weighted by Crippen LogP contribution is 2.49. The molecule has 0 aromatic heterocycles. The summed E-state index contributed by atoms with van der Waals surface area (Å²) in [5.74, 6) is 1.86. The molecule has 2 atom stereocenters. The van der Waals surface area contributed by atoms with Crippen molar-refractivity contribution in [3.63, 3.8) is 0 Å².